The van der Waals surface area contributed by atoms with Gasteiger partial charge in [0.05, 0.1) is 41.5 Å². The molecule has 0 bridgehead atoms. The summed E-state index contributed by atoms with van der Waals surface area (Å²) in [5, 5.41) is 10.8. The summed E-state index contributed by atoms with van der Waals surface area (Å²) < 4.78 is 21.8. The number of halogens is 1. The van der Waals surface area contributed by atoms with E-state index in [9.17, 15) is 4.79 Å². The number of carbonyl (C=O) groups is 1. The van der Waals surface area contributed by atoms with Crippen molar-refractivity contribution < 1.29 is 19.0 Å². The Hall–Kier alpha value is -3.27. The summed E-state index contributed by atoms with van der Waals surface area (Å²) in [6, 6.07) is 7.29. The first-order valence-electron chi connectivity index (χ1n) is 15.6. The number of fused-ring (bicyclic) bond motifs is 2. The lowest BCUT2D eigenvalue weighted by Crippen LogP contribution is -2.37. The fourth-order valence-corrected chi connectivity index (χ4v) is 6.05. The van der Waals surface area contributed by atoms with E-state index >= 15 is 0 Å². The Labute approximate surface area is 273 Å². The van der Waals surface area contributed by atoms with Crippen molar-refractivity contribution in [1.29, 1.82) is 0 Å². The highest BCUT2D eigenvalue weighted by Crippen LogP contribution is 2.25. The number of alkyl carbamates (subject to hydrolysis) is 1. The molecule has 0 saturated carbocycles. The van der Waals surface area contributed by atoms with Crippen LogP contribution in [0.3, 0.4) is 0 Å². The van der Waals surface area contributed by atoms with Gasteiger partial charge in [-0.15, -0.1) is 0 Å². The quantitative estimate of drug-likeness (QED) is 0.151. The van der Waals surface area contributed by atoms with E-state index in [2.05, 4.69) is 60.3 Å². The van der Waals surface area contributed by atoms with Crippen LogP contribution in [0.1, 0.15) is 38.6 Å². The second-order valence-electron chi connectivity index (χ2n) is 12.5. The van der Waals surface area contributed by atoms with Gasteiger partial charge in [0, 0.05) is 35.0 Å². The summed E-state index contributed by atoms with van der Waals surface area (Å²) in [6.45, 7) is 15.0. The number of carbonyl (C=O) groups excluding carboxylic acids is 1. The Balaban J connectivity index is 1.38. The molecule has 1 fully saturated rings. The number of nitrogens with one attached hydrogen (secondary N) is 2. The van der Waals surface area contributed by atoms with Crippen molar-refractivity contribution >= 4 is 59.4 Å². The molecule has 1 amide bonds. The van der Waals surface area contributed by atoms with Crippen molar-refractivity contribution in [3.8, 4) is 0 Å². The highest BCUT2D eigenvalue weighted by atomic mass is 79.9. The second kappa shape index (κ2) is 14.9. The van der Waals surface area contributed by atoms with E-state index in [1.807, 2.05) is 32.9 Å². The molecule has 0 radical (unpaired) electrons. The number of benzene rings is 1. The molecular weight excluding hydrogens is 658 g/mol. The number of hydrogen-bond donors (Lipinski definition) is 2. The lowest BCUT2D eigenvalue weighted by atomic mass is 10.1. The minimum absolute atomic E-state index is 0.396. The topological polar surface area (TPSA) is 133 Å². The van der Waals surface area contributed by atoms with Gasteiger partial charge >= 0.3 is 6.09 Å². The van der Waals surface area contributed by atoms with E-state index in [1.165, 1.54) is 0 Å². The average Bonchev–Trinajstić information content (AvgIpc) is 3.56. The van der Waals surface area contributed by atoms with Gasteiger partial charge in [-0.1, -0.05) is 25.2 Å². The van der Waals surface area contributed by atoms with E-state index in [4.69, 9.17) is 29.2 Å². The Kier molecular flexibility index (Phi) is 10.9. The SMILES string of the molecule is C[SiH](C)CCOCn1c(CNc2nc(N3CCOCC3)nc3c(Br)cnn23)nc2cccc(CCCNC(=O)OC(C)(C)C)c21. The summed E-state index contributed by atoms with van der Waals surface area (Å²) in [6.07, 6.45) is 2.85. The fraction of sp³-hybridized carbons (Fsp3) is 0.567. The molecule has 0 unspecified atom stereocenters. The van der Waals surface area contributed by atoms with Crippen molar-refractivity contribution in [1.82, 2.24) is 34.4 Å². The largest absolute Gasteiger partial charge is 0.444 e. The van der Waals surface area contributed by atoms with E-state index < -0.39 is 20.5 Å². The maximum absolute atomic E-state index is 12.1. The number of anilines is 2. The zero-order chi connectivity index (χ0) is 32.0. The molecule has 0 atom stereocenters. The lowest BCUT2D eigenvalue weighted by Gasteiger charge is -2.27. The van der Waals surface area contributed by atoms with Crippen molar-refractivity contribution in [2.45, 2.75) is 71.6 Å². The van der Waals surface area contributed by atoms with Crippen LogP contribution in [0.4, 0.5) is 16.7 Å². The van der Waals surface area contributed by atoms with E-state index in [0.29, 0.717) is 50.6 Å². The summed E-state index contributed by atoms with van der Waals surface area (Å²) in [4.78, 5) is 28.9. The number of para-hydroxylation sites is 1. The molecule has 2 N–H and O–H groups in total. The molecule has 1 aromatic carbocycles. The van der Waals surface area contributed by atoms with Gasteiger partial charge in [-0.2, -0.15) is 19.6 Å². The number of ether oxygens (including phenoxy) is 3. The predicted octanol–water partition coefficient (Wildman–Crippen LogP) is 4.60. The predicted molar refractivity (Wildman–Crippen MR) is 181 cm³/mol. The van der Waals surface area contributed by atoms with Crippen LogP contribution in [0.15, 0.2) is 28.9 Å². The van der Waals surface area contributed by atoms with Crippen LogP contribution < -0.4 is 15.5 Å². The molecule has 13 nitrogen and oxygen atoms in total. The second-order valence-corrected chi connectivity index (χ2v) is 16.7. The van der Waals surface area contributed by atoms with Gasteiger partial charge in [0.15, 0.2) is 5.65 Å². The first-order chi connectivity index (χ1) is 21.6. The Morgan fingerprint density at radius 1 is 1.16 bits per heavy atom. The average molecular weight is 703 g/mol. The number of rotatable bonds is 13. The zero-order valence-electron chi connectivity index (χ0n) is 26.8. The van der Waals surface area contributed by atoms with Gasteiger partial charge in [-0.25, -0.2) is 9.78 Å². The lowest BCUT2D eigenvalue weighted by molar-refractivity contribution is 0.0527. The van der Waals surface area contributed by atoms with Crippen LogP contribution in [-0.4, -0.2) is 89.1 Å². The third-order valence-corrected chi connectivity index (χ3v) is 9.24. The number of imidazole rings is 1. The normalized spacial score (nSPS) is 14.1. The van der Waals surface area contributed by atoms with Crippen molar-refractivity contribution in [2.24, 2.45) is 0 Å². The van der Waals surface area contributed by atoms with E-state index in [1.54, 1.807) is 10.7 Å². The monoisotopic (exact) mass is 701 g/mol. The molecule has 0 aliphatic carbocycles. The number of nitrogens with zero attached hydrogens (tertiary/aromatic N) is 7. The van der Waals surface area contributed by atoms with Crippen molar-refractivity contribution in [2.75, 3.05) is 49.7 Å². The standard InChI is InChI=1S/C30H44BrN9O4Si/c1-30(2,3)44-29(41)32-11-7-9-21-8-6-10-23-25(21)39(20-43-16-17-45(4)5)24(35-23)19-33-27-37-28(38-12-14-42-15-13-38)36-26-22(31)18-34-40(26)27/h6,8,10,18,45H,7,9,11-17,19-20H2,1-5H3,(H,32,41)(H,33,36,37). The molecule has 1 aliphatic heterocycles. The number of hydrogen-bond acceptors (Lipinski definition) is 10. The van der Waals surface area contributed by atoms with Gasteiger partial charge in [-0.3, -0.25) is 0 Å². The molecule has 0 spiro atoms. The Morgan fingerprint density at radius 2 is 1.96 bits per heavy atom. The van der Waals surface area contributed by atoms with Crippen LogP contribution in [0.2, 0.25) is 19.1 Å². The summed E-state index contributed by atoms with van der Waals surface area (Å²) in [7, 11) is -0.735. The molecule has 1 aliphatic rings. The molecule has 3 aromatic heterocycles. The van der Waals surface area contributed by atoms with Gasteiger partial charge in [-0.05, 0) is 67.2 Å². The van der Waals surface area contributed by atoms with Crippen LogP contribution in [0.25, 0.3) is 16.7 Å². The Bertz CT molecular complexity index is 1600. The first kappa shape index (κ1) is 33.1. The highest BCUT2D eigenvalue weighted by Gasteiger charge is 2.21. The third kappa shape index (κ3) is 8.71. The number of aromatic nitrogens is 6. The van der Waals surface area contributed by atoms with Gasteiger partial charge in [0.2, 0.25) is 11.9 Å². The maximum atomic E-state index is 12.1. The van der Waals surface area contributed by atoms with Gasteiger partial charge in [0.25, 0.3) is 0 Å². The number of amides is 1. The van der Waals surface area contributed by atoms with Gasteiger partial charge in [0.1, 0.15) is 18.2 Å². The van der Waals surface area contributed by atoms with Crippen molar-refractivity contribution in [3.63, 3.8) is 0 Å². The summed E-state index contributed by atoms with van der Waals surface area (Å²) in [5.74, 6) is 2.04. The van der Waals surface area contributed by atoms with Crippen LogP contribution in [0, 0.1) is 0 Å². The maximum Gasteiger partial charge on any atom is 0.407 e. The molecule has 5 rings (SSSR count). The smallest absolute Gasteiger partial charge is 0.407 e. The summed E-state index contributed by atoms with van der Waals surface area (Å²) in [5.41, 5.74) is 3.24. The molecule has 4 heterocycles. The number of morpholine rings is 1. The molecule has 45 heavy (non-hydrogen) atoms. The summed E-state index contributed by atoms with van der Waals surface area (Å²) >= 11 is 3.58. The molecule has 15 heteroatoms. The minimum atomic E-state index is -0.735. The molecule has 1 saturated heterocycles. The van der Waals surface area contributed by atoms with Crippen LogP contribution >= 0.6 is 15.9 Å². The molecule has 4 aromatic rings. The van der Waals surface area contributed by atoms with E-state index in [0.717, 1.165) is 65.5 Å². The van der Waals surface area contributed by atoms with E-state index in [-0.39, 0.29) is 0 Å². The van der Waals surface area contributed by atoms with Crippen LogP contribution in [0.5, 0.6) is 0 Å². The number of aryl methyl sites for hydroxylation is 1. The molecule has 244 valence electrons. The Morgan fingerprint density at radius 3 is 2.71 bits per heavy atom. The minimum Gasteiger partial charge on any atom is -0.444 e. The molecular formula is C30H44BrN9O4Si. The zero-order valence-corrected chi connectivity index (χ0v) is 29.5. The fourth-order valence-electron chi connectivity index (χ4n) is 5.06. The van der Waals surface area contributed by atoms with Crippen LogP contribution in [-0.2, 0) is 33.9 Å². The third-order valence-electron chi connectivity index (χ3n) is 7.29. The van der Waals surface area contributed by atoms with Crippen molar-refractivity contribution in [3.05, 3.63) is 40.3 Å². The highest BCUT2D eigenvalue weighted by molar-refractivity contribution is 9.10. The van der Waals surface area contributed by atoms with Gasteiger partial charge < -0.3 is 34.3 Å². The first-order valence-corrected chi connectivity index (χ1v) is 19.5.